The number of nitrogens with zero attached hydrogens (tertiary/aromatic N) is 1. The van der Waals surface area contributed by atoms with E-state index in [-0.39, 0.29) is 5.82 Å². The van der Waals surface area contributed by atoms with E-state index in [4.69, 9.17) is 0 Å². The molecule has 2 rings (SSSR count). The molecular formula is C16H25FN2. The van der Waals surface area contributed by atoms with Crippen molar-refractivity contribution in [2.24, 2.45) is 5.92 Å². The van der Waals surface area contributed by atoms with E-state index in [2.05, 4.69) is 17.1 Å². The molecule has 0 saturated heterocycles. The van der Waals surface area contributed by atoms with Gasteiger partial charge in [-0.05, 0) is 49.8 Å². The Morgan fingerprint density at radius 1 is 1.26 bits per heavy atom. The fourth-order valence-electron chi connectivity index (χ4n) is 2.74. The van der Waals surface area contributed by atoms with Gasteiger partial charge in [-0.1, -0.05) is 13.0 Å². The summed E-state index contributed by atoms with van der Waals surface area (Å²) >= 11 is 0. The first-order valence-electron chi connectivity index (χ1n) is 7.35. The van der Waals surface area contributed by atoms with Crippen LogP contribution in [0.1, 0.15) is 32.6 Å². The highest BCUT2D eigenvalue weighted by molar-refractivity contribution is 5.45. The van der Waals surface area contributed by atoms with Gasteiger partial charge in [-0.25, -0.2) is 4.39 Å². The van der Waals surface area contributed by atoms with E-state index in [1.807, 2.05) is 13.1 Å². The van der Waals surface area contributed by atoms with E-state index in [0.29, 0.717) is 6.04 Å². The second-order valence-corrected chi connectivity index (χ2v) is 5.81. The molecule has 106 valence electrons. The number of anilines is 1. The quantitative estimate of drug-likeness (QED) is 0.876. The monoisotopic (exact) mass is 264 g/mol. The molecule has 1 saturated carbocycles. The van der Waals surface area contributed by atoms with Crippen molar-refractivity contribution >= 4 is 5.69 Å². The number of benzene rings is 1. The fourth-order valence-corrected chi connectivity index (χ4v) is 2.74. The fraction of sp³-hybridized carbons (Fsp3) is 0.625. The molecule has 1 aliphatic rings. The second-order valence-electron chi connectivity index (χ2n) is 5.81. The Morgan fingerprint density at radius 2 is 2.00 bits per heavy atom. The van der Waals surface area contributed by atoms with Gasteiger partial charge in [-0.2, -0.15) is 0 Å². The minimum absolute atomic E-state index is 0.168. The highest BCUT2D eigenvalue weighted by Gasteiger charge is 2.17. The van der Waals surface area contributed by atoms with E-state index in [9.17, 15) is 4.39 Å². The molecule has 2 nitrogen and oxygen atoms in total. The lowest BCUT2D eigenvalue weighted by Gasteiger charge is -2.28. The molecular weight excluding hydrogens is 239 g/mol. The molecule has 0 spiro atoms. The molecule has 0 aliphatic heterocycles. The maximum atomic E-state index is 13.1. The molecule has 3 heteroatoms. The predicted octanol–water partition coefficient (Wildman–Crippen LogP) is 3.43. The summed E-state index contributed by atoms with van der Waals surface area (Å²) in [4.78, 5) is 2.10. The van der Waals surface area contributed by atoms with Gasteiger partial charge < -0.3 is 10.2 Å². The van der Waals surface area contributed by atoms with Crippen LogP contribution in [0.15, 0.2) is 24.3 Å². The largest absolute Gasteiger partial charge is 0.373 e. The van der Waals surface area contributed by atoms with Crippen LogP contribution in [0.25, 0.3) is 0 Å². The lowest BCUT2D eigenvalue weighted by Crippen LogP contribution is -2.37. The summed E-state index contributed by atoms with van der Waals surface area (Å²) in [5.74, 6) is 0.728. The summed E-state index contributed by atoms with van der Waals surface area (Å²) in [6, 6.07) is 7.46. The van der Waals surface area contributed by atoms with Gasteiger partial charge in [0.15, 0.2) is 0 Å². The third-order valence-corrected chi connectivity index (χ3v) is 4.15. The van der Waals surface area contributed by atoms with Crippen LogP contribution in [0.5, 0.6) is 0 Å². The SMILES string of the molecule is CC1CCC(NCCN(C)c2cccc(F)c2)CC1. The number of nitrogens with one attached hydrogen (secondary N) is 1. The van der Waals surface area contributed by atoms with E-state index in [1.165, 1.54) is 31.7 Å². The highest BCUT2D eigenvalue weighted by atomic mass is 19.1. The molecule has 1 aliphatic carbocycles. The summed E-state index contributed by atoms with van der Waals surface area (Å²) in [6.07, 6.45) is 5.28. The summed E-state index contributed by atoms with van der Waals surface area (Å²) < 4.78 is 13.1. The van der Waals surface area contributed by atoms with Crippen molar-refractivity contribution in [1.29, 1.82) is 0 Å². The Kier molecular flexibility index (Phi) is 5.20. The first kappa shape index (κ1) is 14.3. The smallest absolute Gasteiger partial charge is 0.125 e. The van der Waals surface area contributed by atoms with Crippen molar-refractivity contribution < 1.29 is 4.39 Å². The molecule has 19 heavy (non-hydrogen) atoms. The van der Waals surface area contributed by atoms with Crippen LogP contribution in [0.2, 0.25) is 0 Å². The van der Waals surface area contributed by atoms with Crippen molar-refractivity contribution in [3.63, 3.8) is 0 Å². The van der Waals surface area contributed by atoms with E-state index in [1.54, 1.807) is 12.1 Å². The van der Waals surface area contributed by atoms with Gasteiger partial charge in [0, 0.05) is 31.9 Å². The maximum Gasteiger partial charge on any atom is 0.125 e. The van der Waals surface area contributed by atoms with Gasteiger partial charge in [0.05, 0.1) is 0 Å². The molecule has 1 aromatic rings. The molecule has 0 bridgehead atoms. The molecule has 0 aromatic heterocycles. The molecule has 0 unspecified atom stereocenters. The summed E-state index contributed by atoms with van der Waals surface area (Å²) in [5.41, 5.74) is 0.944. The topological polar surface area (TPSA) is 15.3 Å². The van der Waals surface area contributed by atoms with Gasteiger partial charge in [-0.3, -0.25) is 0 Å². The van der Waals surface area contributed by atoms with Crippen molar-refractivity contribution in [3.8, 4) is 0 Å². The van der Waals surface area contributed by atoms with Gasteiger partial charge in [0.1, 0.15) is 5.82 Å². The molecule has 1 fully saturated rings. The molecule has 0 heterocycles. The minimum atomic E-state index is -0.168. The van der Waals surface area contributed by atoms with Crippen LogP contribution < -0.4 is 10.2 Å². The van der Waals surface area contributed by atoms with Gasteiger partial charge in [0.25, 0.3) is 0 Å². The van der Waals surface area contributed by atoms with Gasteiger partial charge in [0.2, 0.25) is 0 Å². The van der Waals surface area contributed by atoms with Crippen molar-refractivity contribution in [2.75, 3.05) is 25.0 Å². The van der Waals surface area contributed by atoms with E-state index >= 15 is 0 Å². The third-order valence-electron chi connectivity index (χ3n) is 4.15. The van der Waals surface area contributed by atoms with Crippen LogP contribution in [0, 0.1) is 11.7 Å². The van der Waals surface area contributed by atoms with E-state index < -0.39 is 0 Å². The zero-order valence-electron chi connectivity index (χ0n) is 12.0. The van der Waals surface area contributed by atoms with Crippen LogP contribution >= 0.6 is 0 Å². The lowest BCUT2D eigenvalue weighted by atomic mass is 9.87. The molecule has 0 radical (unpaired) electrons. The number of halogens is 1. The number of likely N-dealkylation sites (N-methyl/N-ethyl adjacent to an activating group) is 1. The number of hydrogen-bond donors (Lipinski definition) is 1. The Bertz CT molecular complexity index is 386. The second kappa shape index (κ2) is 6.90. The van der Waals surface area contributed by atoms with Crippen LogP contribution in [-0.2, 0) is 0 Å². The minimum Gasteiger partial charge on any atom is -0.373 e. The first-order chi connectivity index (χ1) is 9.15. The zero-order valence-corrected chi connectivity index (χ0v) is 12.0. The molecule has 1 N–H and O–H groups in total. The Labute approximate surface area is 116 Å². The average molecular weight is 264 g/mol. The van der Waals surface area contributed by atoms with Crippen molar-refractivity contribution in [1.82, 2.24) is 5.32 Å². The Morgan fingerprint density at radius 3 is 2.68 bits per heavy atom. The number of rotatable bonds is 5. The molecule has 0 amide bonds. The standard InChI is InChI=1S/C16H25FN2/c1-13-6-8-15(9-7-13)18-10-11-19(2)16-5-3-4-14(17)12-16/h3-5,12-13,15,18H,6-11H2,1-2H3. The van der Waals surface area contributed by atoms with Crippen LogP contribution in [0.3, 0.4) is 0 Å². The van der Waals surface area contributed by atoms with Crippen LogP contribution in [-0.4, -0.2) is 26.2 Å². The summed E-state index contributed by atoms with van der Waals surface area (Å²) in [5, 5.41) is 3.62. The third kappa shape index (κ3) is 4.50. The molecule has 1 aromatic carbocycles. The van der Waals surface area contributed by atoms with Crippen molar-refractivity contribution in [2.45, 2.75) is 38.6 Å². The maximum absolute atomic E-state index is 13.1. The van der Waals surface area contributed by atoms with Gasteiger partial charge in [-0.15, -0.1) is 0 Å². The summed E-state index contributed by atoms with van der Waals surface area (Å²) in [6.45, 7) is 4.22. The Balaban J connectivity index is 1.70. The normalized spacial score (nSPS) is 23.3. The highest BCUT2D eigenvalue weighted by Crippen LogP contribution is 2.23. The first-order valence-corrected chi connectivity index (χ1v) is 7.35. The van der Waals surface area contributed by atoms with Crippen molar-refractivity contribution in [3.05, 3.63) is 30.1 Å². The van der Waals surface area contributed by atoms with Gasteiger partial charge >= 0.3 is 0 Å². The van der Waals surface area contributed by atoms with Crippen LogP contribution in [0.4, 0.5) is 10.1 Å². The van der Waals surface area contributed by atoms with E-state index in [0.717, 1.165) is 24.7 Å². The lowest BCUT2D eigenvalue weighted by molar-refractivity contribution is 0.309. The number of hydrogen-bond acceptors (Lipinski definition) is 2. The molecule has 0 atom stereocenters. The average Bonchev–Trinajstić information content (AvgIpc) is 2.41. The summed E-state index contributed by atoms with van der Waals surface area (Å²) in [7, 11) is 2.01. The zero-order chi connectivity index (χ0) is 13.7. The Hall–Kier alpha value is -1.09. The predicted molar refractivity (Wildman–Crippen MR) is 79.1 cm³/mol.